The lowest BCUT2D eigenvalue weighted by Gasteiger charge is -1.98. The average Bonchev–Trinajstić information content (AvgIpc) is 2.35. The van der Waals surface area contributed by atoms with Crippen molar-refractivity contribution in [1.29, 1.82) is 0 Å². The normalized spacial score (nSPS) is 10.8. The molecule has 0 fully saturated rings. The Morgan fingerprint density at radius 3 is 2.92 bits per heavy atom. The monoisotopic (exact) mass is 181 g/mol. The van der Waals surface area contributed by atoms with Crippen molar-refractivity contribution in [2.45, 2.75) is 6.92 Å². The maximum atomic E-state index is 13.0. The molecular formula is C9H8FNS. The molecule has 62 valence electrons. The van der Waals surface area contributed by atoms with Crippen LogP contribution in [-0.2, 0) is 0 Å². The van der Waals surface area contributed by atoms with E-state index in [2.05, 4.69) is 0 Å². The van der Waals surface area contributed by atoms with Crippen molar-refractivity contribution in [3.05, 3.63) is 28.9 Å². The lowest BCUT2D eigenvalue weighted by Crippen LogP contribution is -1.88. The summed E-state index contributed by atoms with van der Waals surface area (Å²) in [6, 6.07) is 3.61. The molecule has 0 bridgehead atoms. The van der Waals surface area contributed by atoms with E-state index in [0.717, 1.165) is 10.3 Å². The molecule has 0 unspecified atom stereocenters. The Balaban J connectivity index is 2.87. The van der Waals surface area contributed by atoms with Gasteiger partial charge in [0.2, 0.25) is 0 Å². The van der Waals surface area contributed by atoms with Crippen molar-refractivity contribution in [2.24, 2.45) is 0 Å². The number of rotatable bonds is 0. The van der Waals surface area contributed by atoms with Crippen LogP contribution in [0.25, 0.3) is 10.1 Å². The third kappa shape index (κ3) is 0.975. The Labute approximate surface area is 73.6 Å². The van der Waals surface area contributed by atoms with Gasteiger partial charge in [-0.1, -0.05) is 0 Å². The van der Waals surface area contributed by atoms with Crippen LogP contribution < -0.4 is 5.73 Å². The first-order chi connectivity index (χ1) is 5.68. The maximum absolute atomic E-state index is 13.0. The number of hydrogen-bond acceptors (Lipinski definition) is 2. The minimum atomic E-state index is -0.179. The summed E-state index contributed by atoms with van der Waals surface area (Å²) in [5, 5.41) is 2.13. The molecule has 2 aromatic rings. The van der Waals surface area contributed by atoms with E-state index in [1.807, 2.05) is 13.0 Å². The second-order valence-corrected chi connectivity index (χ2v) is 3.70. The largest absolute Gasteiger partial charge is 0.398 e. The maximum Gasteiger partial charge on any atom is 0.141 e. The number of fused-ring (bicyclic) bond motifs is 1. The number of nitrogen functional groups attached to an aromatic ring is 1. The van der Waals surface area contributed by atoms with Crippen LogP contribution >= 0.6 is 11.3 Å². The van der Waals surface area contributed by atoms with Crippen molar-refractivity contribution in [3.8, 4) is 0 Å². The smallest absolute Gasteiger partial charge is 0.141 e. The van der Waals surface area contributed by atoms with Crippen LogP contribution in [0.15, 0.2) is 17.5 Å². The molecule has 1 heterocycles. The zero-order valence-corrected chi connectivity index (χ0v) is 7.41. The van der Waals surface area contributed by atoms with E-state index in [1.54, 1.807) is 6.07 Å². The van der Waals surface area contributed by atoms with Crippen molar-refractivity contribution in [1.82, 2.24) is 0 Å². The molecule has 2 N–H and O–H groups in total. The van der Waals surface area contributed by atoms with Crippen LogP contribution in [0.1, 0.15) is 5.56 Å². The molecule has 0 atom stereocenters. The van der Waals surface area contributed by atoms with Gasteiger partial charge in [-0.05, 0) is 24.6 Å². The Hall–Kier alpha value is -1.09. The number of nitrogens with two attached hydrogens (primary N) is 1. The molecule has 1 aromatic carbocycles. The third-order valence-electron chi connectivity index (χ3n) is 1.91. The van der Waals surface area contributed by atoms with E-state index < -0.39 is 0 Å². The van der Waals surface area contributed by atoms with Crippen molar-refractivity contribution >= 4 is 27.1 Å². The van der Waals surface area contributed by atoms with Crippen LogP contribution in [0.3, 0.4) is 0 Å². The Kier molecular flexibility index (Phi) is 1.54. The summed E-state index contributed by atoms with van der Waals surface area (Å²) < 4.78 is 14.0. The summed E-state index contributed by atoms with van der Waals surface area (Å²) in [6.45, 7) is 1.92. The number of hydrogen-bond donors (Lipinski definition) is 1. The van der Waals surface area contributed by atoms with Gasteiger partial charge in [0, 0.05) is 21.2 Å². The summed E-state index contributed by atoms with van der Waals surface area (Å²) in [7, 11) is 0. The molecule has 1 nitrogen and oxygen atoms in total. The van der Waals surface area contributed by atoms with Crippen LogP contribution in [0.2, 0.25) is 0 Å². The van der Waals surface area contributed by atoms with Crippen molar-refractivity contribution in [3.63, 3.8) is 0 Å². The van der Waals surface area contributed by atoms with E-state index in [-0.39, 0.29) is 5.82 Å². The fraction of sp³-hybridized carbons (Fsp3) is 0.111. The summed E-state index contributed by atoms with van der Waals surface area (Å²) in [5.41, 5.74) is 7.31. The molecule has 3 heteroatoms. The molecule has 12 heavy (non-hydrogen) atoms. The summed E-state index contributed by atoms with van der Waals surface area (Å²) in [6.07, 6.45) is 0. The molecule has 0 saturated carbocycles. The topological polar surface area (TPSA) is 26.0 Å². The highest BCUT2D eigenvalue weighted by Crippen LogP contribution is 2.28. The second-order valence-electron chi connectivity index (χ2n) is 2.79. The lowest BCUT2D eigenvalue weighted by atomic mass is 10.1. The first-order valence-electron chi connectivity index (χ1n) is 3.61. The number of aryl methyl sites for hydroxylation is 1. The fourth-order valence-electron chi connectivity index (χ4n) is 1.16. The van der Waals surface area contributed by atoms with Gasteiger partial charge in [0.05, 0.1) is 0 Å². The van der Waals surface area contributed by atoms with Crippen molar-refractivity contribution in [2.75, 3.05) is 5.73 Å². The standard InChI is InChI=1S/C9H8FNS/c1-5-2-9-6(3-8(5)11)7(10)4-12-9/h2-4H,11H2,1H3. The SMILES string of the molecule is Cc1cc2scc(F)c2cc1N. The molecule has 0 aliphatic heterocycles. The van der Waals surface area contributed by atoms with Gasteiger partial charge in [0.15, 0.2) is 0 Å². The van der Waals surface area contributed by atoms with Gasteiger partial charge in [-0.2, -0.15) is 0 Å². The number of benzene rings is 1. The molecule has 0 aliphatic rings. The van der Waals surface area contributed by atoms with E-state index in [0.29, 0.717) is 11.1 Å². The highest BCUT2D eigenvalue weighted by molar-refractivity contribution is 7.17. The van der Waals surface area contributed by atoms with E-state index in [4.69, 9.17) is 5.73 Å². The van der Waals surface area contributed by atoms with Crippen molar-refractivity contribution < 1.29 is 4.39 Å². The predicted octanol–water partition coefficient (Wildman–Crippen LogP) is 2.93. The summed E-state index contributed by atoms with van der Waals surface area (Å²) in [4.78, 5) is 0. The predicted molar refractivity (Wildman–Crippen MR) is 50.9 cm³/mol. The zero-order chi connectivity index (χ0) is 8.72. The Morgan fingerprint density at radius 1 is 1.42 bits per heavy atom. The second kappa shape index (κ2) is 2.45. The lowest BCUT2D eigenvalue weighted by molar-refractivity contribution is 0.644. The molecule has 1 aromatic heterocycles. The Morgan fingerprint density at radius 2 is 2.17 bits per heavy atom. The van der Waals surface area contributed by atoms with Crippen LogP contribution in [-0.4, -0.2) is 0 Å². The van der Waals surface area contributed by atoms with Gasteiger partial charge in [-0.3, -0.25) is 0 Å². The number of halogens is 1. The minimum absolute atomic E-state index is 0.179. The molecule has 2 rings (SSSR count). The van der Waals surface area contributed by atoms with Gasteiger partial charge < -0.3 is 5.73 Å². The molecule has 0 aliphatic carbocycles. The Bertz CT molecular complexity index is 433. The third-order valence-corrected chi connectivity index (χ3v) is 2.83. The van der Waals surface area contributed by atoms with Gasteiger partial charge in [0.25, 0.3) is 0 Å². The molecular weight excluding hydrogens is 173 g/mol. The first-order valence-corrected chi connectivity index (χ1v) is 4.49. The number of anilines is 1. The molecule has 0 radical (unpaired) electrons. The van der Waals surface area contributed by atoms with Gasteiger partial charge in [-0.15, -0.1) is 11.3 Å². The van der Waals surface area contributed by atoms with E-state index in [9.17, 15) is 4.39 Å². The molecule has 0 saturated heterocycles. The minimum Gasteiger partial charge on any atom is -0.398 e. The quantitative estimate of drug-likeness (QED) is 0.621. The van der Waals surface area contributed by atoms with Gasteiger partial charge in [0.1, 0.15) is 5.82 Å². The van der Waals surface area contributed by atoms with Crippen LogP contribution in [0.5, 0.6) is 0 Å². The van der Waals surface area contributed by atoms with E-state index in [1.165, 1.54) is 16.7 Å². The average molecular weight is 181 g/mol. The summed E-state index contributed by atoms with van der Waals surface area (Å²) >= 11 is 1.41. The highest BCUT2D eigenvalue weighted by atomic mass is 32.1. The van der Waals surface area contributed by atoms with Crippen LogP contribution in [0.4, 0.5) is 10.1 Å². The van der Waals surface area contributed by atoms with Gasteiger partial charge in [-0.25, -0.2) is 4.39 Å². The van der Waals surface area contributed by atoms with E-state index >= 15 is 0 Å². The fourth-order valence-corrected chi connectivity index (χ4v) is 2.05. The van der Waals surface area contributed by atoms with Crippen LogP contribution in [0, 0.1) is 12.7 Å². The molecule has 0 spiro atoms. The first kappa shape index (κ1) is 7.55. The highest BCUT2D eigenvalue weighted by Gasteiger charge is 2.04. The molecule has 0 amide bonds. The summed E-state index contributed by atoms with van der Waals surface area (Å²) in [5.74, 6) is -0.179. The van der Waals surface area contributed by atoms with Gasteiger partial charge >= 0.3 is 0 Å². The number of thiophene rings is 1. The zero-order valence-electron chi connectivity index (χ0n) is 6.60.